The van der Waals surface area contributed by atoms with E-state index >= 15 is 0 Å². The average molecular weight is 301 g/mol. The summed E-state index contributed by atoms with van der Waals surface area (Å²) in [5, 5.41) is 2.98. The van der Waals surface area contributed by atoms with Crippen molar-refractivity contribution in [2.45, 2.75) is 39.5 Å². The molecule has 1 aromatic carbocycles. The van der Waals surface area contributed by atoms with Gasteiger partial charge in [0.2, 0.25) is 5.91 Å². The second-order valence-corrected chi connectivity index (χ2v) is 5.93. The van der Waals surface area contributed by atoms with E-state index in [4.69, 9.17) is 4.74 Å². The third-order valence-electron chi connectivity index (χ3n) is 4.12. The monoisotopic (exact) mass is 301 g/mol. The molecule has 1 N–H and O–H groups in total. The van der Waals surface area contributed by atoms with E-state index in [2.05, 4.69) is 5.32 Å². The Morgan fingerprint density at radius 2 is 1.86 bits per heavy atom. The average Bonchev–Trinajstić information content (AvgIpc) is 2.95. The van der Waals surface area contributed by atoms with E-state index in [1.807, 2.05) is 31.2 Å². The number of hydrogen-bond donors (Lipinski definition) is 1. The van der Waals surface area contributed by atoms with E-state index in [1.165, 1.54) is 6.08 Å². The Morgan fingerprint density at radius 1 is 1.23 bits per heavy atom. The van der Waals surface area contributed by atoms with Crippen LogP contribution < -0.4 is 5.32 Å². The van der Waals surface area contributed by atoms with E-state index in [1.54, 1.807) is 13.0 Å². The van der Waals surface area contributed by atoms with Crippen molar-refractivity contribution in [3.05, 3.63) is 35.9 Å². The molecule has 1 aliphatic carbocycles. The molecule has 4 heteroatoms. The van der Waals surface area contributed by atoms with Crippen molar-refractivity contribution in [3.8, 4) is 0 Å². The predicted molar refractivity (Wildman–Crippen MR) is 87.3 cm³/mol. The van der Waals surface area contributed by atoms with Gasteiger partial charge in [-0.05, 0) is 43.5 Å². The maximum absolute atomic E-state index is 12.3. The number of carbonyl (C=O) groups excluding carboxylic acids is 2. The minimum Gasteiger partial charge on any atom is -0.463 e. The van der Waals surface area contributed by atoms with E-state index < -0.39 is 0 Å². The second-order valence-electron chi connectivity index (χ2n) is 5.93. The molecule has 0 heterocycles. The molecule has 0 spiro atoms. The lowest BCUT2D eigenvalue weighted by Crippen LogP contribution is -2.30. The molecular weight excluding hydrogens is 278 g/mol. The third kappa shape index (κ3) is 4.20. The molecule has 0 unspecified atom stereocenters. The van der Waals surface area contributed by atoms with Crippen molar-refractivity contribution in [1.29, 1.82) is 0 Å². The first kappa shape index (κ1) is 16.3. The summed E-state index contributed by atoms with van der Waals surface area (Å²) in [4.78, 5) is 23.6. The van der Waals surface area contributed by atoms with Gasteiger partial charge in [-0.2, -0.15) is 0 Å². The van der Waals surface area contributed by atoms with Crippen molar-refractivity contribution >= 4 is 23.6 Å². The molecule has 2 rings (SSSR count). The quantitative estimate of drug-likeness (QED) is 0.665. The molecule has 1 saturated carbocycles. The molecule has 0 radical (unpaired) electrons. The Balaban J connectivity index is 1.94. The smallest absolute Gasteiger partial charge is 0.330 e. The Bertz CT molecular complexity index is 554. The molecule has 4 nitrogen and oxygen atoms in total. The van der Waals surface area contributed by atoms with Gasteiger partial charge in [-0.3, -0.25) is 4.79 Å². The molecule has 0 aromatic heterocycles. The molecule has 0 bridgehead atoms. The Hall–Kier alpha value is -2.10. The summed E-state index contributed by atoms with van der Waals surface area (Å²) in [5.41, 5.74) is 1.44. The molecule has 118 valence electrons. The highest BCUT2D eigenvalue weighted by Crippen LogP contribution is 2.38. The van der Waals surface area contributed by atoms with Gasteiger partial charge in [0.1, 0.15) is 0 Å². The van der Waals surface area contributed by atoms with Crippen molar-refractivity contribution in [3.63, 3.8) is 0 Å². The van der Waals surface area contributed by atoms with Gasteiger partial charge in [0, 0.05) is 17.2 Å². The summed E-state index contributed by atoms with van der Waals surface area (Å²) in [6.07, 6.45) is 7.26. The van der Waals surface area contributed by atoms with Crippen LogP contribution in [0.5, 0.6) is 0 Å². The zero-order chi connectivity index (χ0) is 16.0. The summed E-state index contributed by atoms with van der Waals surface area (Å²) in [6.45, 7) is 4.17. The first-order valence-electron chi connectivity index (χ1n) is 7.80. The fourth-order valence-corrected chi connectivity index (χ4v) is 2.70. The van der Waals surface area contributed by atoms with Gasteiger partial charge < -0.3 is 10.1 Å². The van der Waals surface area contributed by atoms with Gasteiger partial charge in [-0.1, -0.05) is 31.9 Å². The van der Waals surface area contributed by atoms with Crippen molar-refractivity contribution in [2.24, 2.45) is 5.41 Å². The molecule has 22 heavy (non-hydrogen) atoms. The van der Waals surface area contributed by atoms with Gasteiger partial charge in [0.05, 0.1) is 6.61 Å². The molecule has 0 saturated heterocycles. The minimum absolute atomic E-state index is 0.0971. The molecule has 1 aromatic rings. The minimum atomic E-state index is -0.353. The maximum Gasteiger partial charge on any atom is 0.330 e. The van der Waals surface area contributed by atoms with Crippen LogP contribution in [0.3, 0.4) is 0 Å². The van der Waals surface area contributed by atoms with Crippen LogP contribution in [0.4, 0.5) is 5.69 Å². The fraction of sp³-hybridized carbons (Fsp3) is 0.444. The van der Waals surface area contributed by atoms with Gasteiger partial charge >= 0.3 is 5.97 Å². The van der Waals surface area contributed by atoms with Crippen LogP contribution >= 0.6 is 0 Å². The number of nitrogens with one attached hydrogen (secondary N) is 1. The molecule has 1 amide bonds. The predicted octanol–water partition coefficient (Wildman–Crippen LogP) is 3.78. The van der Waals surface area contributed by atoms with Gasteiger partial charge in [-0.15, -0.1) is 0 Å². The van der Waals surface area contributed by atoms with Gasteiger partial charge in [0.15, 0.2) is 0 Å². The number of anilines is 1. The molecule has 1 fully saturated rings. The number of rotatable bonds is 5. The van der Waals surface area contributed by atoms with Crippen LogP contribution in [0.25, 0.3) is 6.08 Å². The number of amides is 1. The Labute approximate surface area is 131 Å². The van der Waals surface area contributed by atoms with Crippen LogP contribution in [0.1, 0.15) is 45.1 Å². The first-order valence-corrected chi connectivity index (χ1v) is 7.80. The summed E-state index contributed by atoms with van der Waals surface area (Å²) < 4.78 is 4.83. The number of ether oxygens (including phenoxy) is 1. The fourth-order valence-electron chi connectivity index (χ4n) is 2.70. The number of benzene rings is 1. The van der Waals surface area contributed by atoms with Crippen LogP contribution in [0, 0.1) is 5.41 Å². The van der Waals surface area contributed by atoms with Crippen LogP contribution in [-0.4, -0.2) is 18.5 Å². The highest BCUT2D eigenvalue weighted by atomic mass is 16.5. The standard InChI is InChI=1S/C18H23NO3/c1-3-22-16(20)11-8-14-6-9-15(10-7-14)19-17(21)18(2)12-4-5-13-18/h6-11H,3-5,12-13H2,1-2H3,(H,19,21)/b11-8+. The lowest BCUT2D eigenvalue weighted by Gasteiger charge is -2.22. The van der Waals surface area contributed by atoms with Gasteiger partial charge in [-0.25, -0.2) is 4.79 Å². The Morgan fingerprint density at radius 3 is 2.45 bits per heavy atom. The normalized spacial score (nSPS) is 16.6. The number of hydrogen-bond acceptors (Lipinski definition) is 3. The summed E-state index contributed by atoms with van der Waals surface area (Å²) in [6, 6.07) is 7.42. The van der Waals surface area contributed by atoms with E-state index in [0.29, 0.717) is 6.61 Å². The number of esters is 1. The largest absolute Gasteiger partial charge is 0.463 e. The zero-order valence-corrected chi connectivity index (χ0v) is 13.2. The third-order valence-corrected chi connectivity index (χ3v) is 4.12. The zero-order valence-electron chi connectivity index (χ0n) is 13.2. The summed E-state index contributed by atoms with van der Waals surface area (Å²) in [5.74, 6) is -0.256. The number of carbonyl (C=O) groups is 2. The molecular formula is C18H23NO3. The summed E-state index contributed by atoms with van der Waals surface area (Å²) >= 11 is 0. The van der Waals surface area contributed by atoms with Crippen LogP contribution in [0.2, 0.25) is 0 Å². The van der Waals surface area contributed by atoms with Gasteiger partial charge in [0.25, 0.3) is 0 Å². The lowest BCUT2D eigenvalue weighted by molar-refractivity contribution is -0.137. The first-order chi connectivity index (χ1) is 10.5. The Kier molecular flexibility index (Phi) is 5.36. The SMILES string of the molecule is CCOC(=O)/C=C/c1ccc(NC(=O)C2(C)CCCC2)cc1. The van der Waals surface area contributed by atoms with E-state index in [9.17, 15) is 9.59 Å². The van der Waals surface area contributed by atoms with Crippen LogP contribution in [-0.2, 0) is 14.3 Å². The highest BCUT2D eigenvalue weighted by molar-refractivity contribution is 5.95. The molecule has 1 aliphatic rings. The maximum atomic E-state index is 12.3. The van der Waals surface area contributed by atoms with Crippen molar-refractivity contribution < 1.29 is 14.3 Å². The lowest BCUT2D eigenvalue weighted by atomic mass is 9.88. The molecule has 0 atom stereocenters. The highest BCUT2D eigenvalue weighted by Gasteiger charge is 2.36. The van der Waals surface area contributed by atoms with E-state index in [0.717, 1.165) is 36.9 Å². The summed E-state index contributed by atoms with van der Waals surface area (Å²) in [7, 11) is 0. The van der Waals surface area contributed by atoms with E-state index in [-0.39, 0.29) is 17.3 Å². The van der Waals surface area contributed by atoms with Crippen LogP contribution in [0.15, 0.2) is 30.3 Å². The second kappa shape index (κ2) is 7.25. The van der Waals surface area contributed by atoms with Crippen molar-refractivity contribution in [2.75, 3.05) is 11.9 Å². The molecule has 0 aliphatic heterocycles. The van der Waals surface area contributed by atoms with Crippen molar-refractivity contribution in [1.82, 2.24) is 0 Å². The topological polar surface area (TPSA) is 55.4 Å².